The van der Waals surface area contributed by atoms with E-state index in [4.69, 9.17) is 26.8 Å². The summed E-state index contributed by atoms with van der Waals surface area (Å²) in [5, 5.41) is 2.99. The summed E-state index contributed by atoms with van der Waals surface area (Å²) in [7, 11) is 1.53. The monoisotopic (exact) mass is 300 g/mol. The highest BCUT2D eigenvalue weighted by molar-refractivity contribution is 6.31. The number of amides is 1. The molecule has 6 nitrogen and oxygen atoms in total. The molecular weight excluding hydrogens is 284 g/mol. The maximum absolute atomic E-state index is 11.9. The number of halogens is 1. The number of anilines is 1. The molecule has 1 amide bonds. The lowest BCUT2D eigenvalue weighted by Gasteiger charge is -2.14. The average Bonchev–Trinajstić information content (AvgIpc) is 2.38. The molecule has 0 spiro atoms. The minimum Gasteiger partial charge on any atom is -0.449 e. The molecular formula is C13H17ClN2O4. The zero-order valence-electron chi connectivity index (χ0n) is 11.3. The van der Waals surface area contributed by atoms with Crippen LogP contribution in [0.25, 0.3) is 0 Å². The van der Waals surface area contributed by atoms with Gasteiger partial charge in [0.2, 0.25) is 0 Å². The van der Waals surface area contributed by atoms with Crippen LogP contribution < -0.4 is 11.1 Å². The molecule has 0 bridgehead atoms. The van der Waals surface area contributed by atoms with E-state index in [0.29, 0.717) is 18.2 Å². The van der Waals surface area contributed by atoms with E-state index in [2.05, 4.69) is 5.32 Å². The predicted octanol–water partition coefficient (Wildman–Crippen LogP) is 1.23. The van der Waals surface area contributed by atoms with Crippen molar-refractivity contribution < 1.29 is 19.1 Å². The number of methoxy groups -OCH3 is 1. The third kappa shape index (κ3) is 4.71. The minimum atomic E-state index is -0.922. The van der Waals surface area contributed by atoms with Gasteiger partial charge in [0, 0.05) is 24.4 Å². The number of rotatable bonds is 6. The van der Waals surface area contributed by atoms with Crippen molar-refractivity contribution in [3.63, 3.8) is 0 Å². The van der Waals surface area contributed by atoms with Crippen molar-refractivity contribution >= 4 is 29.2 Å². The molecule has 0 radical (unpaired) electrons. The van der Waals surface area contributed by atoms with Crippen molar-refractivity contribution in [3.05, 3.63) is 28.8 Å². The number of nitrogens with two attached hydrogens (primary N) is 1. The third-order valence-electron chi connectivity index (χ3n) is 2.49. The Morgan fingerprint density at radius 1 is 1.45 bits per heavy atom. The Morgan fingerprint density at radius 2 is 2.15 bits per heavy atom. The zero-order chi connectivity index (χ0) is 15.1. The van der Waals surface area contributed by atoms with Gasteiger partial charge in [-0.15, -0.1) is 0 Å². The lowest BCUT2D eigenvalue weighted by molar-refractivity contribution is -0.129. The van der Waals surface area contributed by atoms with Crippen LogP contribution in [0.4, 0.5) is 5.69 Å². The second-order valence-corrected chi connectivity index (χ2v) is 4.50. The molecule has 0 aliphatic rings. The van der Waals surface area contributed by atoms with Crippen molar-refractivity contribution in [1.29, 1.82) is 0 Å². The molecule has 3 N–H and O–H groups in total. The van der Waals surface area contributed by atoms with Gasteiger partial charge in [0.05, 0.1) is 12.2 Å². The third-order valence-corrected chi connectivity index (χ3v) is 2.73. The van der Waals surface area contributed by atoms with Crippen LogP contribution in [0.3, 0.4) is 0 Å². The SMILES string of the molecule is COCCNC(=O)C(C)OC(=O)c1ccc(Cl)cc1N. The maximum Gasteiger partial charge on any atom is 0.341 e. The van der Waals surface area contributed by atoms with Crippen molar-refractivity contribution in [2.45, 2.75) is 13.0 Å². The molecule has 0 aliphatic carbocycles. The molecule has 0 heterocycles. The number of nitrogen functional groups attached to an aromatic ring is 1. The Kier molecular flexibility index (Phi) is 6.27. The van der Waals surface area contributed by atoms with E-state index in [-0.39, 0.29) is 11.3 Å². The van der Waals surface area contributed by atoms with E-state index >= 15 is 0 Å². The number of esters is 1. The summed E-state index contributed by atoms with van der Waals surface area (Å²) in [5.41, 5.74) is 6.05. The van der Waals surface area contributed by atoms with E-state index in [1.807, 2.05) is 0 Å². The summed E-state index contributed by atoms with van der Waals surface area (Å²) < 4.78 is 9.83. The van der Waals surface area contributed by atoms with Crippen molar-refractivity contribution in [2.24, 2.45) is 0 Å². The zero-order valence-corrected chi connectivity index (χ0v) is 12.1. The van der Waals surface area contributed by atoms with E-state index in [9.17, 15) is 9.59 Å². The average molecular weight is 301 g/mol. The van der Waals surface area contributed by atoms with Crippen LogP contribution in [0.15, 0.2) is 18.2 Å². The first-order valence-corrected chi connectivity index (χ1v) is 6.36. The number of carbonyl (C=O) groups excluding carboxylic acids is 2. The van der Waals surface area contributed by atoms with Gasteiger partial charge >= 0.3 is 5.97 Å². The highest BCUT2D eigenvalue weighted by Gasteiger charge is 2.20. The molecule has 7 heteroatoms. The van der Waals surface area contributed by atoms with Crippen LogP contribution in [0.5, 0.6) is 0 Å². The first-order valence-electron chi connectivity index (χ1n) is 5.98. The molecule has 0 aliphatic heterocycles. The Morgan fingerprint density at radius 3 is 2.75 bits per heavy atom. The van der Waals surface area contributed by atoms with Gasteiger partial charge in [0.25, 0.3) is 5.91 Å². The Balaban J connectivity index is 2.58. The van der Waals surface area contributed by atoms with Gasteiger partial charge in [0.15, 0.2) is 6.10 Å². The van der Waals surface area contributed by atoms with Gasteiger partial charge in [-0.25, -0.2) is 4.79 Å². The van der Waals surface area contributed by atoms with Crippen LogP contribution in [0, 0.1) is 0 Å². The van der Waals surface area contributed by atoms with Crippen molar-refractivity contribution in [3.8, 4) is 0 Å². The molecule has 0 aromatic heterocycles. The lowest BCUT2D eigenvalue weighted by atomic mass is 10.2. The minimum absolute atomic E-state index is 0.172. The molecule has 1 aromatic rings. The molecule has 20 heavy (non-hydrogen) atoms. The first kappa shape index (κ1) is 16.3. The molecule has 1 unspecified atom stereocenters. The highest BCUT2D eigenvalue weighted by atomic mass is 35.5. The molecule has 0 saturated heterocycles. The van der Waals surface area contributed by atoms with Crippen molar-refractivity contribution in [1.82, 2.24) is 5.32 Å². The van der Waals surface area contributed by atoms with E-state index in [1.165, 1.54) is 32.2 Å². The Hall–Kier alpha value is -1.79. The van der Waals surface area contributed by atoms with Gasteiger partial charge in [-0.3, -0.25) is 4.79 Å². The van der Waals surface area contributed by atoms with Gasteiger partial charge < -0.3 is 20.5 Å². The number of benzene rings is 1. The maximum atomic E-state index is 11.9. The van der Waals surface area contributed by atoms with E-state index in [0.717, 1.165) is 0 Å². The second-order valence-electron chi connectivity index (χ2n) is 4.06. The van der Waals surface area contributed by atoms with Crippen molar-refractivity contribution in [2.75, 3.05) is 26.0 Å². The van der Waals surface area contributed by atoms with E-state index < -0.39 is 18.0 Å². The fraction of sp³-hybridized carbons (Fsp3) is 0.385. The normalized spacial score (nSPS) is 11.8. The van der Waals surface area contributed by atoms with Crippen LogP contribution >= 0.6 is 11.6 Å². The summed E-state index contributed by atoms with van der Waals surface area (Å²) in [6.45, 7) is 2.21. The van der Waals surface area contributed by atoms with Gasteiger partial charge in [-0.05, 0) is 25.1 Å². The van der Waals surface area contributed by atoms with Crippen LogP contribution in [-0.2, 0) is 14.3 Å². The lowest BCUT2D eigenvalue weighted by Crippen LogP contribution is -2.37. The van der Waals surface area contributed by atoms with Gasteiger partial charge in [-0.2, -0.15) is 0 Å². The van der Waals surface area contributed by atoms with Gasteiger partial charge in [0.1, 0.15) is 0 Å². The Bertz CT molecular complexity index is 493. The molecule has 1 atom stereocenters. The molecule has 0 fully saturated rings. The molecule has 1 rings (SSSR count). The quantitative estimate of drug-likeness (QED) is 0.468. The summed E-state index contributed by atoms with van der Waals surface area (Å²) in [6, 6.07) is 4.43. The number of nitrogens with one attached hydrogen (secondary N) is 1. The fourth-order valence-electron chi connectivity index (χ4n) is 1.42. The molecule has 1 aromatic carbocycles. The smallest absolute Gasteiger partial charge is 0.341 e. The fourth-order valence-corrected chi connectivity index (χ4v) is 1.60. The largest absolute Gasteiger partial charge is 0.449 e. The standard InChI is InChI=1S/C13H17ClN2O4/c1-8(12(17)16-5-6-19-2)20-13(18)10-4-3-9(14)7-11(10)15/h3-4,7-8H,5-6,15H2,1-2H3,(H,16,17). The summed E-state index contributed by atoms with van der Waals surface area (Å²) in [6.07, 6.45) is -0.922. The number of hydrogen-bond acceptors (Lipinski definition) is 5. The second kappa shape index (κ2) is 7.72. The van der Waals surface area contributed by atoms with Crippen LogP contribution in [0.2, 0.25) is 5.02 Å². The van der Waals surface area contributed by atoms with Crippen LogP contribution in [0.1, 0.15) is 17.3 Å². The molecule has 0 saturated carbocycles. The van der Waals surface area contributed by atoms with Crippen LogP contribution in [-0.4, -0.2) is 38.2 Å². The first-order chi connectivity index (χ1) is 9.45. The topological polar surface area (TPSA) is 90.6 Å². The van der Waals surface area contributed by atoms with Gasteiger partial charge in [-0.1, -0.05) is 11.6 Å². The summed E-state index contributed by atoms with van der Waals surface area (Å²) in [5.74, 6) is -1.07. The molecule has 110 valence electrons. The Labute approximate surface area is 122 Å². The summed E-state index contributed by atoms with van der Waals surface area (Å²) in [4.78, 5) is 23.5. The number of ether oxygens (including phenoxy) is 2. The number of carbonyl (C=O) groups is 2. The van der Waals surface area contributed by atoms with E-state index in [1.54, 1.807) is 0 Å². The predicted molar refractivity (Wildman–Crippen MR) is 75.6 cm³/mol. The summed E-state index contributed by atoms with van der Waals surface area (Å²) >= 11 is 5.74. The number of hydrogen-bond donors (Lipinski definition) is 2. The highest BCUT2D eigenvalue weighted by Crippen LogP contribution is 2.19.